The van der Waals surface area contributed by atoms with Gasteiger partial charge >= 0.3 is 5.97 Å². The number of aliphatic carboxylic acids is 1. The third kappa shape index (κ3) is 2.86. The maximum atomic E-state index is 10.9. The number of nitrogens with zero attached hydrogens (tertiary/aromatic N) is 1. The number of carbonyl (C=O) groups is 2. The molecule has 1 amide bonds. The average molecular weight is 209 g/mol. The van der Waals surface area contributed by atoms with Gasteiger partial charge in [0.1, 0.15) is 6.04 Å². The summed E-state index contributed by atoms with van der Waals surface area (Å²) >= 11 is 0. The highest BCUT2D eigenvalue weighted by atomic mass is 35.5. The smallest absolute Gasteiger partial charge is 0.327 e. The zero-order valence-corrected chi connectivity index (χ0v) is 8.13. The summed E-state index contributed by atoms with van der Waals surface area (Å²) < 4.78 is 0. The first kappa shape index (κ1) is 12.2. The fourth-order valence-corrected chi connectivity index (χ4v) is 1.30. The van der Waals surface area contributed by atoms with Crippen LogP contribution in [0.4, 0.5) is 0 Å². The summed E-state index contributed by atoms with van der Waals surface area (Å²) in [4.78, 5) is 23.0. The Morgan fingerprint density at radius 1 is 1.54 bits per heavy atom. The summed E-state index contributed by atoms with van der Waals surface area (Å²) in [7, 11) is 0. The van der Waals surface area contributed by atoms with Crippen molar-refractivity contribution in [3.8, 4) is 0 Å². The van der Waals surface area contributed by atoms with Crippen molar-refractivity contribution >= 4 is 24.3 Å². The second-order valence-electron chi connectivity index (χ2n) is 2.77. The van der Waals surface area contributed by atoms with Crippen molar-refractivity contribution < 1.29 is 14.7 Å². The Labute approximate surface area is 82.5 Å². The van der Waals surface area contributed by atoms with Crippen molar-refractivity contribution in [1.82, 2.24) is 10.2 Å². The number of hydrogen-bond acceptors (Lipinski definition) is 3. The first-order valence-corrected chi connectivity index (χ1v) is 3.83. The number of amides is 1. The van der Waals surface area contributed by atoms with E-state index in [2.05, 4.69) is 5.32 Å². The number of carboxylic acid groups (broad SMARTS) is 1. The van der Waals surface area contributed by atoms with Gasteiger partial charge in [-0.15, -0.1) is 12.4 Å². The SMILES string of the molecule is CC(=O)N1CCNCC1C(=O)O.Cl. The summed E-state index contributed by atoms with van der Waals surface area (Å²) in [5, 5.41) is 11.6. The lowest BCUT2D eigenvalue weighted by Crippen LogP contribution is -2.56. The molecule has 0 aromatic rings. The van der Waals surface area contributed by atoms with Crippen molar-refractivity contribution in [2.75, 3.05) is 19.6 Å². The van der Waals surface area contributed by atoms with Gasteiger partial charge in [-0.3, -0.25) is 4.79 Å². The van der Waals surface area contributed by atoms with E-state index in [0.29, 0.717) is 19.6 Å². The van der Waals surface area contributed by atoms with Crippen LogP contribution in [-0.2, 0) is 9.59 Å². The molecule has 76 valence electrons. The lowest BCUT2D eigenvalue weighted by molar-refractivity contribution is -0.150. The average Bonchev–Trinajstić information content (AvgIpc) is 2.04. The molecule has 1 rings (SSSR count). The number of halogens is 1. The van der Waals surface area contributed by atoms with E-state index in [-0.39, 0.29) is 18.3 Å². The summed E-state index contributed by atoms with van der Waals surface area (Å²) in [5.74, 6) is -1.12. The molecule has 1 atom stereocenters. The minimum absolute atomic E-state index is 0. The van der Waals surface area contributed by atoms with Gasteiger partial charge in [0.05, 0.1) is 0 Å². The molecule has 1 heterocycles. The Morgan fingerprint density at radius 3 is 2.54 bits per heavy atom. The predicted octanol–water partition coefficient (Wildman–Crippen LogP) is -0.687. The monoisotopic (exact) mass is 208 g/mol. The van der Waals surface area contributed by atoms with Gasteiger partial charge in [-0.25, -0.2) is 4.79 Å². The molecule has 2 N–H and O–H groups in total. The standard InChI is InChI=1S/C7H12N2O3.ClH/c1-5(10)9-3-2-8-4-6(9)7(11)12;/h6,8H,2-4H2,1H3,(H,11,12);1H. The molecule has 1 saturated heterocycles. The quantitative estimate of drug-likeness (QED) is 0.599. The second-order valence-corrected chi connectivity index (χ2v) is 2.77. The topological polar surface area (TPSA) is 69.6 Å². The molecular weight excluding hydrogens is 196 g/mol. The summed E-state index contributed by atoms with van der Waals surface area (Å²) in [6.07, 6.45) is 0. The molecule has 1 aliphatic rings. The van der Waals surface area contributed by atoms with Crippen LogP contribution in [0.15, 0.2) is 0 Å². The fraction of sp³-hybridized carbons (Fsp3) is 0.714. The van der Waals surface area contributed by atoms with Crippen LogP contribution in [0.1, 0.15) is 6.92 Å². The van der Waals surface area contributed by atoms with Crippen LogP contribution in [-0.4, -0.2) is 47.6 Å². The minimum Gasteiger partial charge on any atom is -0.480 e. The van der Waals surface area contributed by atoms with Gasteiger partial charge in [0.2, 0.25) is 5.91 Å². The zero-order chi connectivity index (χ0) is 9.14. The molecule has 13 heavy (non-hydrogen) atoms. The van der Waals surface area contributed by atoms with E-state index >= 15 is 0 Å². The highest BCUT2D eigenvalue weighted by Crippen LogP contribution is 2.03. The lowest BCUT2D eigenvalue weighted by Gasteiger charge is -2.32. The first-order valence-electron chi connectivity index (χ1n) is 3.83. The number of nitrogens with one attached hydrogen (secondary N) is 1. The third-order valence-electron chi connectivity index (χ3n) is 1.93. The van der Waals surface area contributed by atoms with Gasteiger partial charge < -0.3 is 15.3 Å². The number of piperazine rings is 1. The molecule has 0 saturated carbocycles. The van der Waals surface area contributed by atoms with Crippen molar-refractivity contribution in [2.45, 2.75) is 13.0 Å². The molecular formula is C7H13ClN2O3. The Morgan fingerprint density at radius 2 is 2.15 bits per heavy atom. The molecule has 0 aromatic heterocycles. The minimum atomic E-state index is -0.947. The normalized spacial score (nSPS) is 21.9. The van der Waals surface area contributed by atoms with Gasteiger partial charge in [-0.05, 0) is 0 Å². The molecule has 1 unspecified atom stereocenters. The fourth-order valence-electron chi connectivity index (χ4n) is 1.30. The Hall–Kier alpha value is -0.810. The summed E-state index contributed by atoms with van der Waals surface area (Å²) in [6.45, 7) is 2.88. The van der Waals surface area contributed by atoms with Crippen LogP contribution in [0, 0.1) is 0 Å². The Kier molecular flexibility index (Phi) is 4.72. The maximum Gasteiger partial charge on any atom is 0.327 e. The molecule has 0 bridgehead atoms. The molecule has 5 nitrogen and oxygen atoms in total. The van der Waals surface area contributed by atoms with Gasteiger partial charge in [0.15, 0.2) is 0 Å². The predicted molar refractivity (Wildman–Crippen MR) is 48.9 cm³/mol. The molecule has 0 aliphatic carbocycles. The zero-order valence-electron chi connectivity index (χ0n) is 7.32. The highest BCUT2D eigenvalue weighted by molar-refractivity contribution is 5.85. The van der Waals surface area contributed by atoms with E-state index in [0.717, 1.165) is 0 Å². The second kappa shape index (κ2) is 5.04. The van der Waals surface area contributed by atoms with Crippen LogP contribution in [0.2, 0.25) is 0 Å². The molecule has 1 aliphatic heterocycles. The Bertz CT molecular complexity index is 188. The summed E-state index contributed by atoms with van der Waals surface area (Å²) in [5.41, 5.74) is 0. The number of rotatable bonds is 1. The van der Waals surface area contributed by atoms with Gasteiger partial charge in [0.25, 0.3) is 0 Å². The number of carboxylic acids is 1. The van der Waals surface area contributed by atoms with Crippen LogP contribution >= 0.6 is 12.4 Å². The van der Waals surface area contributed by atoms with Crippen molar-refractivity contribution in [1.29, 1.82) is 0 Å². The van der Waals surface area contributed by atoms with Gasteiger partial charge in [0, 0.05) is 26.6 Å². The molecule has 1 fully saturated rings. The van der Waals surface area contributed by atoms with Crippen molar-refractivity contribution in [3.05, 3.63) is 0 Å². The maximum absolute atomic E-state index is 10.9. The molecule has 0 radical (unpaired) electrons. The van der Waals surface area contributed by atoms with E-state index in [9.17, 15) is 9.59 Å². The van der Waals surface area contributed by atoms with Crippen molar-refractivity contribution in [3.63, 3.8) is 0 Å². The van der Waals surface area contributed by atoms with Gasteiger partial charge in [-0.1, -0.05) is 0 Å². The van der Waals surface area contributed by atoms with Gasteiger partial charge in [-0.2, -0.15) is 0 Å². The van der Waals surface area contributed by atoms with E-state index in [1.165, 1.54) is 11.8 Å². The largest absolute Gasteiger partial charge is 0.480 e. The van der Waals surface area contributed by atoms with E-state index in [1.54, 1.807) is 0 Å². The van der Waals surface area contributed by atoms with Crippen LogP contribution in [0.3, 0.4) is 0 Å². The van der Waals surface area contributed by atoms with E-state index in [1.807, 2.05) is 0 Å². The summed E-state index contributed by atoms with van der Waals surface area (Å²) in [6, 6.07) is -0.698. The van der Waals surface area contributed by atoms with Crippen LogP contribution < -0.4 is 5.32 Å². The number of hydrogen-bond donors (Lipinski definition) is 2. The highest BCUT2D eigenvalue weighted by Gasteiger charge is 2.29. The van der Waals surface area contributed by atoms with Crippen LogP contribution in [0.5, 0.6) is 0 Å². The van der Waals surface area contributed by atoms with E-state index in [4.69, 9.17) is 5.11 Å². The Balaban J connectivity index is 0.00000144. The molecule has 0 spiro atoms. The molecule has 6 heteroatoms. The number of carbonyl (C=O) groups excluding carboxylic acids is 1. The van der Waals surface area contributed by atoms with E-state index < -0.39 is 12.0 Å². The van der Waals surface area contributed by atoms with Crippen molar-refractivity contribution in [2.24, 2.45) is 0 Å². The molecule has 0 aromatic carbocycles. The lowest BCUT2D eigenvalue weighted by atomic mass is 10.2. The van der Waals surface area contributed by atoms with Crippen LogP contribution in [0.25, 0.3) is 0 Å². The first-order chi connectivity index (χ1) is 5.63. The third-order valence-corrected chi connectivity index (χ3v) is 1.93.